The van der Waals surface area contributed by atoms with Gasteiger partial charge in [-0.1, -0.05) is 40.9 Å². The van der Waals surface area contributed by atoms with Crippen LogP contribution >= 0.6 is 23.2 Å². The van der Waals surface area contributed by atoms with Crippen LogP contribution < -0.4 is 5.32 Å². The Hall–Kier alpha value is -2.82. The maximum absolute atomic E-state index is 12.4. The van der Waals surface area contributed by atoms with E-state index in [1.54, 1.807) is 24.4 Å². The molecule has 0 unspecified atom stereocenters. The van der Waals surface area contributed by atoms with Crippen molar-refractivity contribution in [3.8, 4) is 11.4 Å². The van der Waals surface area contributed by atoms with Crippen molar-refractivity contribution in [1.82, 2.24) is 9.97 Å². The molecule has 0 radical (unpaired) electrons. The van der Waals surface area contributed by atoms with Gasteiger partial charge in [-0.25, -0.2) is 0 Å². The van der Waals surface area contributed by atoms with Crippen LogP contribution in [0, 0.1) is 6.92 Å². The first-order chi connectivity index (χ1) is 14.5. The number of nitrogens with zero attached hydrogens (tertiary/aromatic N) is 1. The molecule has 0 saturated carbocycles. The summed E-state index contributed by atoms with van der Waals surface area (Å²) in [6, 6.07) is 17.3. The zero-order valence-electron chi connectivity index (χ0n) is 16.5. The first kappa shape index (κ1) is 20.5. The highest BCUT2D eigenvalue weighted by Gasteiger charge is 2.15. The Labute approximate surface area is 185 Å². The Kier molecular flexibility index (Phi) is 6.07. The predicted octanol–water partition coefficient (Wildman–Crippen LogP) is 6.81. The zero-order valence-corrected chi connectivity index (χ0v) is 18.0. The number of nitrogens with one attached hydrogen (secondary N) is 2. The van der Waals surface area contributed by atoms with Gasteiger partial charge in [0.1, 0.15) is 0 Å². The molecule has 6 heteroatoms. The predicted molar refractivity (Wildman–Crippen MR) is 124 cm³/mol. The number of aryl methyl sites for hydroxylation is 2. The fraction of sp³-hybridized carbons (Fsp3) is 0.167. The topological polar surface area (TPSA) is 57.8 Å². The number of anilines is 1. The average Bonchev–Trinajstić information content (AvgIpc) is 3.09. The summed E-state index contributed by atoms with van der Waals surface area (Å²) in [5, 5.41) is 5.02. The van der Waals surface area contributed by atoms with Crippen molar-refractivity contribution in [2.24, 2.45) is 0 Å². The lowest BCUT2D eigenvalue weighted by molar-refractivity contribution is -0.116. The third-order valence-corrected chi connectivity index (χ3v) is 5.58. The second-order valence-corrected chi connectivity index (χ2v) is 8.11. The summed E-state index contributed by atoms with van der Waals surface area (Å²) in [6.07, 6.45) is 3.62. The lowest BCUT2D eigenvalue weighted by Crippen LogP contribution is -2.12. The minimum Gasteiger partial charge on any atom is -0.353 e. The fourth-order valence-corrected chi connectivity index (χ4v) is 3.92. The van der Waals surface area contributed by atoms with Crippen LogP contribution in [0.4, 0.5) is 5.69 Å². The van der Waals surface area contributed by atoms with Gasteiger partial charge in [-0.05, 0) is 67.8 Å². The highest BCUT2D eigenvalue weighted by molar-refractivity contribution is 6.35. The third kappa shape index (κ3) is 4.50. The highest BCUT2D eigenvalue weighted by atomic mass is 35.5. The SMILES string of the molecule is Cc1ccc2[nH]c(-c3ccccn3)c(CCCC(=O)Nc3cc(Cl)ccc3Cl)c2c1. The molecule has 0 bridgehead atoms. The van der Waals surface area contributed by atoms with E-state index in [0.717, 1.165) is 23.3 Å². The second kappa shape index (κ2) is 8.90. The van der Waals surface area contributed by atoms with Gasteiger partial charge in [0.25, 0.3) is 0 Å². The van der Waals surface area contributed by atoms with Crippen molar-refractivity contribution in [2.45, 2.75) is 26.2 Å². The summed E-state index contributed by atoms with van der Waals surface area (Å²) in [7, 11) is 0. The number of aromatic amines is 1. The van der Waals surface area contributed by atoms with Gasteiger partial charge in [0.05, 0.1) is 22.1 Å². The minimum absolute atomic E-state index is 0.0884. The van der Waals surface area contributed by atoms with E-state index in [0.29, 0.717) is 28.6 Å². The first-order valence-corrected chi connectivity index (χ1v) is 10.5. The number of carbonyl (C=O) groups excluding carboxylic acids is 1. The van der Waals surface area contributed by atoms with Crippen molar-refractivity contribution in [3.05, 3.63) is 82.0 Å². The number of fused-ring (bicyclic) bond motifs is 1. The molecule has 0 atom stereocenters. The number of carbonyl (C=O) groups is 1. The Morgan fingerprint density at radius 2 is 1.97 bits per heavy atom. The smallest absolute Gasteiger partial charge is 0.224 e. The number of halogens is 2. The lowest BCUT2D eigenvalue weighted by atomic mass is 10.0. The van der Waals surface area contributed by atoms with Crippen LogP contribution in [0.15, 0.2) is 60.8 Å². The van der Waals surface area contributed by atoms with Gasteiger partial charge in [0.15, 0.2) is 0 Å². The molecule has 30 heavy (non-hydrogen) atoms. The quantitative estimate of drug-likeness (QED) is 0.348. The Morgan fingerprint density at radius 3 is 2.77 bits per heavy atom. The van der Waals surface area contributed by atoms with Gasteiger partial charge >= 0.3 is 0 Å². The lowest BCUT2D eigenvalue weighted by Gasteiger charge is -2.08. The average molecular weight is 438 g/mol. The molecule has 2 heterocycles. The number of hydrogen-bond donors (Lipinski definition) is 2. The van der Waals surface area contributed by atoms with Crippen molar-refractivity contribution in [2.75, 3.05) is 5.32 Å². The normalized spacial score (nSPS) is 11.0. The third-order valence-electron chi connectivity index (χ3n) is 5.02. The summed E-state index contributed by atoms with van der Waals surface area (Å²) in [4.78, 5) is 20.5. The van der Waals surface area contributed by atoms with E-state index in [4.69, 9.17) is 23.2 Å². The summed E-state index contributed by atoms with van der Waals surface area (Å²) < 4.78 is 0. The van der Waals surface area contributed by atoms with E-state index in [-0.39, 0.29) is 5.91 Å². The zero-order chi connectivity index (χ0) is 21.1. The summed E-state index contributed by atoms with van der Waals surface area (Å²) in [5.41, 5.74) is 5.90. The molecule has 0 aliphatic rings. The second-order valence-electron chi connectivity index (χ2n) is 7.27. The molecule has 0 spiro atoms. The molecule has 2 N–H and O–H groups in total. The van der Waals surface area contributed by atoms with Crippen LogP contribution in [0.1, 0.15) is 24.0 Å². The number of benzene rings is 2. The molecule has 0 aliphatic heterocycles. The molecule has 2 aromatic carbocycles. The molecule has 2 aromatic heterocycles. The van der Waals surface area contributed by atoms with Crippen LogP contribution in [0.3, 0.4) is 0 Å². The Balaban J connectivity index is 1.52. The van der Waals surface area contributed by atoms with Crippen LogP contribution in [0.2, 0.25) is 10.0 Å². The molecular weight excluding hydrogens is 417 g/mol. The molecule has 1 amide bonds. The maximum atomic E-state index is 12.4. The Bertz CT molecular complexity index is 1200. The Morgan fingerprint density at radius 1 is 1.10 bits per heavy atom. The molecule has 4 rings (SSSR count). The van der Waals surface area contributed by atoms with E-state index in [9.17, 15) is 4.79 Å². The van der Waals surface area contributed by atoms with Gasteiger partial charge in [-0.2, -0.15) is 0 Å². The van der Waals surface area contributed by atoms with E-state index in [2.05, 4.69) is 40.4 Å². The number of hydrogen-bond acceptors (Lipinski definition) is 2. The molecular formula is C24H21Cl2N3O. The number of rotatable bonds is 6. The molecule has 152 valence electrons. The van der Waals surface area contributed by atoms with Crippen LogP contribution in [0.25, 0.3) is 22.3 Å². The standard InChI is InChI=1S/C24H21Cl2N3O/c1-15-8-11-20-18(13-15)17(24(29-20)21-6-2-3-12-27-21)5-4-7-23(30)28-22-14-16(25)9-10-19(22)26/h2-3,6,8-14,29H,4-5,7H2,1H3,(H,28,30). The van der Waals surface area contributed by atoms with Crippen LogP contribution in [0.5, 0.6) is 0 Å². The van der Waals surface area contributed by atoms with Crippen molar-refractivity contribution in [1.29, 1.82) is 0 Å². The van der Waals surface area contributed by atoms with E-state index >= 15 is 0 Å². The van der Waals surface area contributed by atoms with E-state index < -0.39 is 0 Å². The molecule has 4 nitrogen and oxygen atoms in total. The number of H-pyrrole nitrogens is 1. The maximum Gasteiger partial charge on any atom is 0.224 e. The number of aromatic nitrogens is 2. The fourth-order valence-electron chi connectivity index (χ4n) is 3.58. The molecule has 0 fully saturated rings. The van der Waals surface area contributed by atoms with E-state index in [1.807, 2.05) is 18.2 Å². The first-order valence-electron chi connectivity index (χ1n) is 9.79. The van der Waals surface area contributed by atoms with Gasteiger partial charge in [-0.3, -0.25) is 9.78 Å². The van der Waals surface area contributed by atoms with Crippen molar-refractivity contribution < 1.29 is 4.79 Å². The summed E-state index contributed by atoms with van der Waals surface area (Å²) in [5.74, 6) is -0.0884. The van der Waals surface area contributed by atoms with Gasteiger partial charge in [-0.15, -0.1) is 0 Å². The monoisotopic (exact) mass is 437 g/mol. The molecule has 4 aromatic rings. The van der Waals surface area contributed by atoms with Gasteiger partial charge < -0.3 is 10.3 Å². The summed E-state index contributed by atoms with van der Waals surface area (Å²) in [6.45, 7) is 2.08. The highest BCUT2D eigenvalue weighted by Crippen LogP contribution is 2.31. The van der Waals surface area contributed by atoms with Gasteiger partial charge in [0.2, 0.25) is 5.91 Å². The molecule has 0 aliphatic carbocycles. The van der Waals surface area contributed by atoms with Crippen molar-refractivity contribution in [3.63, 3.8) is 0 Å². The van der Waals surface area contributed by atoms with Crippen LogP contribution in [-0.2, 0) is 11.2 Å². The largest absolute Gasteiger partial charge is 0.353 e. The van der Waals surface area contributed by atoms with Crippen molar-refractivity contribution >= 4 is 45.7 Å². The molecule has 0 saturated heterocycles. The minimum atomic E-state index is -0.0884. The van der Waals surface area contributed by atoms with E-state index in [1.165, 1.54) is 16.5 Å². The van der Waals surface area contributed by atoms with Crippen LogP contribution in [-0.4, -0.2) is 15.9 Å². The number of pyridine rings is 1. The van der Waals surface area contributed by atoms with Gasteiger partial charge in [0, 0.05) is 28.5 Å². The number of amides is 1. The summed E-state index contributed by atoms with van der Waals surface area (Å²) >= 11 is 12.1.